The molecule has 2 heterocycles. The lowest BCUT2D eigenvalue weighted by Gasteiger charge is -2.08. The van der Waals surface area contributed by atoms with Crippen molar-refractivity contribution in [2.45, 2.75) is 17.1 Å². The molecule has 0 fully saturated rings. The Labute approximate surface area is 137 Å². The zero-order valence-corrected chi connectivity index (χ0v) is 13.6. The SMILES string of the molecule is c1ccc2sc(CSc3ccc4c(c3)OCCCO4)nc2c1. The van der Waals surface area contributed by atoms with Crippen molar-refractivity contribution in [2.75, 3.05) is 13.2 Å². The van der Waals surface area contributed by atoms with Gasteiger partial charge in [-0.15, -0.1) is 23.1 Å². The van der Waals surface area contributed by atoms with E-state index in [4.69, 9.17) is 9.47 Å². The van der Waals surface area contributed by atoms with E-state index in [0.717, 1.165) is 47.4 Å². The number of rotatable bonds is 3. The molecule has 3 nitrogen and oxygen atoms in total. The van der Waals surface area contributed by atoms with Crippen molar-refractivity contribution in [1.29, 1.82) is 0 Å². The molecular weight excluding hydrogens is 314 g/mol. The predicted molar refractivity (Wildman–Crippen MR) is 91.2 cm³/mol. The summed E-state index contributed by atoms with van der Waals surface area (Å²) in [6.07, 6.45) is 0.933. The van der Waals surface area contributed by atoms with Crippen LogP contribution in [-0.2, 0) is 5.75 Å². The second-order valence-corrected chi connectivity index (χ2v) is 7.19. The quantitative estimate of drug-likeness (QED) is 0.649. The van der Waals surface area contributed by atoms with Crippen LogP contribution in [0.2, 0.25) is 0 Å². The van der Waals surface area contributed by atoms with Crippen LogP contribution in [-0.4, -0.2) is 18.2 Å². The first-order chi connectivity index (χ1) is 10.9. The number of thioether (sulfide) groups is 1. The Balaban J connectivity index is 1.50. The maximum Gasteiger partial charge on any atom is 0.162 e. The number of hydrogen-bond donors (Lipinski definition) is 0. The molecule has 0 N–H and O–H groups in total. The molecule has 0 radical (unpaired) electrons. The molecule has 112 valence electrons. The number of thiazole rings is 1. The Morgan fingerprint density at radius 1 is 1.05 bits per heavy atom. The predicted octanol–water partition coefficient (Wildman–Crippen LogP) is 4.75. The molecule has 1 aliphatic heterocycles. The molecule has 0 atom stereocenters. The van der Waals surface area contributed by atoms with E-state index < -0.39 is 0 Å². The van der Waals surface area contributed by atoms with Gasteiger partial charge in [0.2, 0.25) is 0 Å². The molecule has 0 amide bonds. The van der Waals surface area contributed by atoms with E-state index in [0.29, 0.717) is 0 Å². The summed E-state index contributed by atoms with van der Waals surface area (Å²) in [5.74, 6) is 2.58. The molecule has 22 heavy (non-hydrogen) atoms. The van der Waals surface area contributed by atoms with Gasteiger partial charge in [-0.2, -0.15) is 0 Å². The highest BCUT2D eigenvalue weighted by atomic mass is 32.2. The standard InChI is InChI=1S/C17H15NO2S2/c1-2-5-16-13(4-1)18-17(22-16)11-21-12-6-7-14-15(10-12)20-9-3-8-19-14/h1-2,4-7,10H,3,8-9,11H2. The van der Waals surface area contributed by atoms with Gasteiger partial charge in [0.1, 0.15) is 5.01 Å². The van der Waals surface area contributed by atoms with Crippen molar-refractivity contribution in [2.24, 2.45) is 0 Å². The summed E-state index contributed by atoms with van der Waals surface area (Å²) < 4.78 is 12.6. The molecule has 0 unspecified atom stereocenters. The van der Waals surface area contributed by atoms with Crippen LogP contribution in [0.3, 0.4) is 0 Å². The van der Waals surface area contributed by atoms with Crippen LogP contribution in [0.5, 0.6) is 11.5 Å². The van der Waals surface area contributed by atoms with Crippen molar-refractivity contribution in [1.82, 2.24) is 4.98 Å². The minimum atomic E-state index is 0.721. The van der Waals surface area contributed by atoms with E-state index in [2.05, 4.69) is 35.3 Å². The first-order valence-electron chi connectivity index (χ1n) is 7.25. The Morgan fingerprint density at radius 2 is 1.91 bits per heavy atom. The monoisotopic (exact) mass is 329 g/mol. The maximum atomic E-state index is 5.74. The number of hydrogen-bond acceptors (Lipinski definition) is 5. The number of ether oxygens (including phenoxy) is 2. The second kappa shape index (κ2) is 6.18. The van der Waals surface area contributed by atoms with Crippen LogP contribution >= 0.6 is 23.1 Å². The first kappa shape index (κ1) is 13.9. The Hall–Kier alpha value is -1.72. The van der Waals surface area contributed by atoms with Crippen LogP contribution in [0, 0.1) is 0 Å². The Morgan fingerprint density at radius 3 is 2.82 bits per heavy atom. The summed E-state index contributed by atoms with van der Waals surface area (Å²) in [6, 6.07) is 14.4. The molecular formula is C17H15NO2S2. The summed E-state index contributed by atoms with van der Waals surface area (Å²) in [6.45, 7) is 1.45. The van der Waals surface area contributed by atoms with Gasteiger partial charge in [-0.3, -0.25) is 0 Å². The lowest BCUT2D eigenvalue weighted by atomic mass is 10.3. The topological polar surface area (TPSA) is 31.4 Å². The van der Waals surface area contributed by atoms with Crippen LogP contribution in [0.4, 0.5) is 0 Å². The van der Waals surface area contributed by atoms with Gasteiger partial charge in [0.25, 0.3) is 0 Å². The fourth-order valence-corrected chi connectivity index (χ4v) is 4.24. The van der Waals surface area contributed by atoms with Crippen LogP contribution in [0.15, 0.2) is 47.4 Å². The number of benzene rings is 2. The van der Waals surface area contributed by atoms with E-state index in [1.807, 2.05) is 12.1 Å². The van der Waals surface area contributed by atoms with E-state index >= 15 is 0 Å². The first-order valence-corrected chi connectivity index (χ1v) is 9.05. The summed E-state index contributed by atoms with van der Waals surface area (Å²) in [4.78, 5) is 5.86. The van der Waals surface area contributed by atoms with Gasteiger partial charge in [0.05, 0.1) is 29.2 Å². The van der Waals surface area contributed by atoms with Crippen molar-refractivity contribution < 1.29 is 9.47 Å². The highest BCUT2D eigenvalue weighted by Gasteiger charge is 2.11. The highest BCUT2D eigenvalue weighted by Crippen LogP contribution is 2.35. The third kappa shape index (κ3) is 2.91. The molecule has 0 spiro atoms. The van der Waals surface area contributed by atoms with Gasteiger partial charge >= 0.3 is 0 Å². The van der Waals surface area contributed by atoms with Crippen LogP contribution in [0.1, 0.15) is 11.4 Å². The van der Waals surface area contributed by atoms with Gasteiger partial charge < -0.3 is 9.47 Å². The average molecular weight is 329 g/mol. The molecule has 3 aromatic rings. The number of para-hydroxylation sites is 1. The Kier molecular flexibility index (Phi) is 3.91. The third-order valence-corrected chi connectivity index (χ3v) is 5.64. The van der Waals surface area contributed by atoms with Gasteiger partial charge in [-0.1, -0.05) is 12.1 Å². The van der Waals surface area contributed by atoms with E-state index in [1.54, 1.807) is 23.1 Å². The maximum absolute atomic E-state index is 5.74. The van der Waals surface area contributed by atoms with Crippen LogP contribution in [0.25, 0.3) is 10.2 Å². The zero-order valence-electron chi connectivity index (χ0n) is 12.0. The van der Waals surface area contributed by atoms with Crippen molar-refractivity contribution in [3.63, 3.8) is 0 Å². The fourth-order valence-electron chi connectivity index (χ4n) is 2.36. The number of aromatic nitrogens is 1. The minimum Gasteiger partial charge on any atom is -0.490 e. The van der Waals surface area contributed by atoms with Gasteiger partial charge in [0.15, 0.2) is 11.5 Å². The normalized spacial score (nSPS) is 14.0. The number of fused-ring (bicyclic) bond motifs is 2. The molecule has 2 aromatic carbocycles. The van der Waals surface area contributed by atoms with Gasteiger partial charge in [0, 0.05) is 11.3 Å². The van der Waals surface area contributed by atoms with Gasteiger partial charge in [-0.25, -0.2) is 4.98 Å². The Bertz CT molecular complexity index is 767. The fraction of sp³-hybridized carbons (Fsp3) is 0.235. The molecule has 0 saturated carbocycles. The average Bonchev–Trinajstić information content (AvgIpc) is 2.82. The van der Waals surface area contributed by atoms with E-state index in [9.17, 15) is 0 Å². The van der Waals surface area contributed by atoms with Crippen molar-refractivity contribution in [3.8, 4) is 11.5 Å². The molecule has 5 heteroatoms. The molecule has 0 saturated heterocycles. The molecule has 4 rings (SSSR count). The molecule has 0 aliphatic carbocycles. The highest BCUT2D eigenvalue weighted by molar-refractivity contribution is 7.98. The summed E-state index contributed by atoms with van der Waals surface area (Å²) in [7, 11) is 0. The lowest BCUT2D eigenvalue weighted by Crippen LogP contribution is -1.97. The number of nitrogens with zero attached hydrogens (tertiary/aromatic N) is 1. The second-order valence-electron chi connectivity index (χ2n) is 5.02. The zero-order chi connectivity index (χ0) is 14.8. The third-order valence-electron chi connectivity index (χ3n) is 3.42. The largest absolute Gasteiger partial charge is 0.490 e. The summed E-state index contributed by atoms with van der Waals surface area (Å²) in [5.41, 5.74) is 1.08. The minimum absolute atomic E-state index is 0.721. The van der Waals surface area contributed by atoms with Gasteiger partial charge in [-0.05, 0) is 30.3 Å². The van der Waals surface area contributed by atoms with Crippen LogP contribution < -0.4 is 9.47 Å². The van der Waals surface area contributed by atoms with Crippen molar-refractivity contribution >= 4 is 33.3 Å². The summed E-state index contributed by atoms with van der Waals surface area (Å²) >= 11 is 3.54. The summed E-state index contributed by atoms with van der Waals surface area (Å²) in [5, 5.41) is 1.15. The molecule has 1 aromatic heterocycles. The molecule has 0 bridgehead atoms. The lowest BCUT2D eigenvalue weighted by molar-refractivity contribution is 0.297. The van der Waals surface area contributed by atoms with E-state index in [1.165, 1.54) is 9.60 Å². The molecule has 1 aliphatic rings. The smallest absolute Gasteiger partial charge is 0.162 e. The van der Waals surface area contributed by atoms with Crippen molar-refractivity contribution in [3.05, 3.63) is 47.5 Å². The van der Waals surface area contributed by atoms with E-state index in [-0.39, 0.29) is 0 Å².